The number of aryl methyl sites for hydroxylation is 1. The first kappa shape index (κ1) is 20.6. The second kappa shape index (κ2) is 9.02. The molecule has 8 heteroatoms. The van der Waals surface area contributed by atoms with Gasteiger partial charge in [-0.15, -0.1) is 0 Å². The molecule has 0 N–H and O–H groups in total. The van der Waals surface area contributed by atoms with Gasteiger partial charge in [-0.3, -0.25) is 9.69 Å². The second-order valence-electron chi connectivity index (χ2n) is 8.11. The quantitative estimate of drug-likeness (QED) is 0.704. The van der Waals surface area contributed by atoms with Crippen LogP contribution in [0.25, 0.3) is 11.4 Å². The maximum atomic E-state index is 12.6. The molecule has 1 saturated carbocycles. The molecule has 0 radical (unpaired) electrons. The van der Waals surface area contributed by atoms with Gasteiger partial charge in [-0.1, -0.05) is 36.0 Å². The van der Waals surface area contributed by atoms with E-state index in [2.05, 4.69) is 15.0 Å². The molecule has 6 nitrogen and oxygen atoms in total. The van der Waals surface area contributed by atoms with Crippen molar-refractivity contribution in [2.75, 3.05) is 26.2 Å². The summed E-state index contributed by atoms with van der Waals surface area (Å²) in [5.41, 5.74) is 0.894. The second-order valence-corrected chi connectivity index (χ2v) is 8.92. The Kier molecular flexibility index (Phi) is 6.42. The summed E-state index contributed by atoms with van der Waals surface area (Å²) in [6, 6.07) is 5.51. The first-order chi connectivity index (χ1) is 14.0. The highest BCUT2D eigenvalue weighted by Gasteiger charge is 2.25. The minimum absolute atomic E-state index is 0.324. The van der Waals surface area contributed by atoms with Crippen LogP contribution in [0.1, 0.15) is 37.9 Å². The zero-order chi connectivity index (χ0) is 20.4. The van der Waals surface area contributed by atoms with Crippen molar-refractivity contribution >= 4 is 29.1 Å². The first-order valence-corrected chi connectivity index (χ1v) is 11.1. The average Bonchev–Trinajstić information content (AvgIpc) is 3.34. The highest BCUT2D eigenvalue weighted by molar-refractivity contribution is 6.42. The largest absolute Gasteiger partial charge is 0.340 e. The predicted molar refractivity (Wildman–Crippen MR) is 115 cm³/mol. The molecule has 2 aliphatic rings. The van der Waals surface area contributed by atoms with E-state index in [9.17, 15) is 4.79 Å². The monoisotopic (exact) mass is 435 g/mol. The van der Waals surface area contributed by atoms with E-state index < -0.39 is 0 Å². The van der Waals surface area contributed by atoms with Crippen molar-refractivity contribution in [1.82, 2.24) is 24.6 Å². The molecule has 1 aromatic carbocycles. The molecule has 0 bridgehead atoms. The summed E-state index contributed by atoms with van der Waals surface area (Å²) in [5, 5.41) is 5.59. The van der Waals surface area contributed by atoms with Crippen molar-refractivity contribution in [2.24, 2.45) is 5.92 Å². The van der Waals surface area contributed by atoms with Crippen molar-refractivity contribution < 1.29 is 4.79 Å². The van der Waals surface area contributed by atoms with Crippen molar-refractivity contribution in [1.29, 1.82) is 0 Å². The molecular formula is C21H27Cl2N5O. The van der Waals surface area contributed by atoms with E-state index in [0.717, 1.165) is 49.8 Å². The lowest BCUT2D eigenvalue weighted by Gasteiger charge is -2.35. The summed E-state index contributed by atoms with van der Waals surface area (Å²) in [4.78, 5) is 21.5. The number of amides is 1. The molecule has 156 valence electrons. The Morgan fingerprint density at radius 1 is 1.10 bits per heavy atom. The molecule has 1 aromatic heterocycles. The van der Waals surface area contributed by atoms with Gasteiger partial charge in [0.05, 0.1) is 16.7 Å². The predicted octanol–water partition coefficient (Wildman–Crippen LogP) is 4.24. The lowest BCUT2D eigenvalue weighted by molar-refractivity contribution is -0.134. The van der Waals surface area contributed by atoms with Crippen molar-refractivity contribution in [2.45, 2.75) is 45.7 Å². The minimum Gasteiger partial charge on any atom is -0.340 e. The standard InChI is InChI=1S/C21H27Cl2N5O/c1-15-24-21(17-6-7-18(22)19(23)13-17)28(25-15)14-26-8-10-27(11-9-26)20(29)12-16-4-2-3-5-16/h6-7,13,16H,2-5,8-12,14H2,1H3. The number of halogens is 2. The Morgan fingerprint density at radius 2 is 1.83 bits per heavy atom. The zero-order valence-corrected chi connectivity index (χ0v) is 18.3. The van der Waals surface area contributed by atoms with Gasteiger partial charge in [-0.25, -0.2) is 9.67 Å². The van der Waals surface area contributed by atoms with Crippen molar-refractivity contribution in [3.63, 3.8) is 0 Å². The van der Waals surface area contributed by atoms with Crippen LogP contribution < -0.4 is 0 Å². The van der Waals surface area contributed by atoms with Crippen molar-refractivity contribution in [3.8, 4) is 11.4 Å². The summed E-state index contributed by atoms with van der Waals surface area (Å²) < 4.78 is 1.91. The molecule has 4 rings (SSSR count). The number of nitrogens with zero attached hydrogens (tertiary/aromatic N) is 5. The summed E-state index contributed by atoms with van der Waals surface area (Å²) in [6.07, 6.45) is 5.72. The minimum atomic E-state index is 0.324. The number of carbonyl (C=O) groups excluding carboxylic acids is 1. The molecule has 0 unspecified atom stereocenters. The van der Waals surface area contributed by atoms with Crippen LogP contribution in [-0.2, 0) is 11.5 Å². The maximum Gasteiger partial charge on any atom is 0.222 e. The van der Waals surface area contributed by atoms with Crippen LogP contribution in [0.3, 0.4) is 0 Å². The van der Waals surface area contributed by atoms with Gasteiger partial charge in [0.25, 0.3) is 0 Å². The zero-order valence-electron chi connectivity index (χ0n) is 16.8. The molecule has 2 fully saturated rings. The lowest BCUT2D eigenvalue weighted by Crippen LogP contribution is -2.49. The number of hydrogen-bond acceptors (Lipinski definition) is 4. The van der Waals surface area contributed by atoms with Crippen LogP contribution in [0.15, 0.2) is 18.2 Å². The molecule has 1 amide bonds. The van der Waals surface area contributed by atoms with Crippen molar-refractivity contribution in [3.05, 3.63) is 34.1 Å². The Hall–Kier alpha value is -1.63. The highest BCUT2D eigenvalue weighted by atomic mass is 35.5. The number of piperazine rings is 1. The molecule has 29 heavy (non-hydrogen) atoms. The van der Waals surface area contributed by atoms with Crippen LogP contribution in [0, 0.1) is 12.8 Å². The van der Waals surface area contributed by atoms with E-state index in [1.807, 2.05) is 28.6 Å². The summed E-state index contributed by atoms with van der Waals surface area (Å²) in [6.45, 7) is 5.77. The molecule has 2 aromatic rings. The van der Waals surface area contributed by atoms with Gasteiger partial charge < -0.3 is 4.90 Å². The van der Waals surface area contributed by atoms with Crippen LogP contribution in [0.4, 0.5) is 0 Å². The van der Waals surface area contributed by atoms with E-state index in [1.165, 1.54) is 25.7 Å². The van der Waals surface area contributed by atoms with Gasteiger partial charge in [0, 0.05) is 38.2 Å². The first-order valence-electron chi connectivity index (χ1n) is 10.4. The van der Waals surface area contributed by atoms with E-state index in [4.69, 9.17) is 23.2 Å². The van der Waals surface area contributed by atoms with E-state index in [-0.39, 0.29) is 0 Å². The van der Waals surface area contributed by atoms with E-state index in [0.29, 0.717) is 28.5 Å². The molecule has 0 spiro atoms. The summed E-state index contributed by atoms with van der Waals surface area (Å²) in [5.74, 6) is 2.43. The van der Waals surface area contributed by atoms with Crippen LogP contribution >= 0.6 is 23.2 Å². The van der Waals surface area contributed by atoms with Gasteiger partial charge in [-0.05, 0) is 43.9 Å². The van der Waals surface area contributed by atoms with Crippen LogP contribution in [0.5, 0.6) is 0 Å². The Bertz CT molecular complexity index is 870. The molecule has 2 heterocycles. The molecule has 1 aliphatic heterocycles. The van der Waals surface area contributed by atoms with Gasteiger partial charge in [0.15, 0.2) is 5.82 Å². The molecule has 1 saturated heterocycles. The fraction of sp³-hybridized carbons (Fsp3) is 0.571. The van der Waals surface area contributed by atoms with Gasteiger partial charge in [0.2, 0.25) is 5.91 Å². The van der Waals surface area contributed by atoms with Gasteiger partial charge >= 0.3 is 0 Å². The normalized spacial score (nSPS) is 18.5. The molecule has 1 aliphatic carbocycles. The fourth-order valence-corrected chi connectivity index (χ4v) is 4.62. The number of benzene rings is 1. The number of rotatable bonds is 5. The number of carbonyl (C=O) groups is 1. The number of hydrogen-bond donors (Lipinski definition) is 0. The maximum absolute atomic E-state index is 12.6. The average molecular weight is 436 g/mol. The Morgan fingerprint density at radius 3 is 2.52 bits per heavy atom. The third-order valence-corrected chi connectivity index (χ3v) is 6.69. The highest BCUT2D eigenvalue weighted by Crippen LogP contribution is 2.29. The van der Waals surface area contributed by atoms with E-state index >= 15 is 0 Å². The topological polar surface area (TPSA) is 54.3 Å². The lowest BCUT2D eigenvalue weighted by atomic mass is 10.0. The molecule has 0 atom stereocenters. The van der Waals surface area contributed by atoms with E-state index in [1.54, 1.807) is 6.07 Å². The SMILES string of the molecule is Cc1nc(-c2ccc(Cl)c(Cl)c2)n(CN2CCN(C(=O)CC3CCCC3)CC2)n1. The Balaban J connectivity index is 1.37. The van der Waals surface area contributed by atoms with Gasteiger partial charge in [0.1, 0.15) is 5.82 Å². The third-order valence-electron chi connectivity index (χ3n) is 5.95. The smallest absolute Gasteiger partial charge is 0.222 e. The Labute approximate surface area is 181 Å². The van der Waals surface area contributed by atoms with Gasteiger partial charge in [-0.2, -0.15) is 5.10 Å². The summed E-state index contributed by atoms with van der Waals surface area (Å²) in [7, 11) is 0. The number of aromatic nitrogens is 3. The summed E-state index contributed by atoms with van der Waals surface area (Å²) >= 11 is 12.2. The van der Waals surface area contributed by atoms with Crippen LogP contribution in [0.2, 0.25) is 10.0 Å². The third kappa shape index (κ3) is 4.93. The van der Waals surface area contributed by atoms with Crippen LogP contribution in [-0.4, -0.2) is 56.7 Å². The molecular weight excluding hydrogens is 409 g/mol. The fourth-order valence-electron chi connectivity index (χ4n) is 4.32.